The first-order chi connectivity index (χ1) is 24.2. The van der Waals surface area contributed by atoms with Gasteiger partial charge in [-0.25, -0.2) is 0 Å². The summed E-state index contributed by atoms with van der Waals surface area (Å²) in [5, 5.41) is 0.946. The summed E-state index contributed by atoms with van der Waals surface area (Å²) in [6, 6.07) is 7.86. The molecule has 0 saturated heterocycles. The number of ether oxygens (including phenoxy) is 4. The van der Waals surface area contributed by atoms with E-state index in [2.05, 4.69) is 107 Å². The van der Waals surface area contributed by atoms with Gasteiger partial charge in [0.15, 0.2) is 8.32 Å². The van der Waals surface area contributed by atoms with Crippen LogP contribution in [0, 0.1) is 18.3 Å². The summed E-state index contributed by atoms with van der Waals surface area (Å²) in [4.78, 5) is 10.9. The monoisotopic (exact) mass is 782 g/mol. The second kappa shape index (κ2) is 23.2. The SMILES string of the molecule is C#CC[C@@H]1C=CC[C@@H](C[C@@H](C)CC(=C)CBr)O1.COc1ccc(CO[C@@H](C/C=C/C=O)[C@@H](/C=C/[C@@H]2CC(C)=CCO2)O[Si](C)(C)C(C)(C)C)cc1. The molecule has 0 aromatic heterocycles. The van der Waals surface area contributed by atoms with E-state index >= 15 is 0 Å². The molecule has 1 aromatic rings. The maximum Gasteiger partial charge on any atom is 0.193 e. The van der Waals surface area contributed by atoms with E-state index in [-0.39, 0.29) is 29.5 Å². The quantitative estimate of drug-likeness (QED) is 0.0369. The minimum atomic E-state index is -2.09. The molecule has 1 aromatic carbocycles. The van der Waals surface area contributed by atoms with Crippen LogP contribution in [-0.4, -0.2) is 64.2 Å². The molecule has 282 valence electrons. The lowest BCUT2D eigenvalue weighted by Gasteiger charge is -2.40. The molecule has 6 nitrogen and oxygen atoms in total. The van der Waals surface area contributed by atoms with E-state index in [9.17, 15) is 4.79 Å². The second-order valence-corrected chi connectivity index (χ2v) is 20.5. The first kappa shape index (κ1) is 44.6. The Morgan fingerprint density at radius 2 is 1.96 bits per heavy atom. The molecule has 6 atom stereocenters. The maximum atomic E-state index is 10.9. The molecule has 2 aliphatic heterocycles. The van der Waals surface area contributed by atoms with E-state index in [0.29, 0.717) is 38.1 Å². The molecule has 2 heterocycles. The van der Waals surface area contributed by atoms with Crippen LogP contribution in [0.4, 0.5) is 0 Å². The van der Waals surface area contributed by atoms with Gasteiger partial charge in [0.25, 0.3) is 0 Å². The minimum absolute atomic E-state index is 0.0308. The molecular formula is C43H63BrO6Si. The molecule has 3 rings (SSSR count). The molecule has 8 heteroatoms. The largest absolute Gasteiger partial charge is 0.497 e. The van der Waals surface area contributed by atoms with Gasteiger partial charge in [0.2, 0.25) is 0 Å². The Hall–Kier alpha value is -2.51. The highest BCUT2D eigenvalue weighted by atomic mass is 79.9. The van der Waals surface area contributed by atoms with E-state index in [1.54, 1.807) is 7.11 Å². The lowest BCUT2D eigenvalue weighted by Crippen LogP contribution is -2.47. The number of alkyl halides is 1. The van der Waals surface area contributed by atoms with Crippen molar-refractivity contribution in [2.24, 2.45) is 5.92 Å². The lowest BCUT2D eigenvalue weighted by atomic mass is 9.94. The Bertz CT molecular complexity index is 1350. The van der Waals surface area contributed by atoms with Crippen molar-refractivity contribution in [1.29, 1.82) is 0 Å². The number of carbonyl (C=O) groups is 1. The van der Waals surface area contributed by atoms with Crippen LogP contribution in [0.25, 0.3) is 0 Å². The van der Waals surface area contributed by atoms with E-state index in [1.807, 2.05) is 30.3 Å². The molecule has 2 aliphatic rings. The topological polar surface area (TPSA) is 63.2 Å². The molecule has 0 bridgehead atoms. The standard InChI is InChI=1S/C28H42O5Si.C15H21BrO/c1-22-17-19-31-25(20-22)15-16-27(33-34(6,7)28(2,3)4)26(10-8-9-18-29)32-21-23-11-13-24(30-5)14-12-23;1-4-6-14-7-5-8-15(17-14)10-12(2)9-13(3)11-16/h8-9,11-18,25-27H,10,19-21H2,1-7H3;1,5,7,12,14-15H,3,6,8-11H2,2H3/b9-8+,16-15+;/t25-,26+,27-;12-,14+,15-/m10/s1. The van der Waals surface area contributed by atoms with Crippen molar-refractivity contribution in [2.45, 2.75) is 128 Å². The van der Waals surface area contributed by atoms with Gasteiger partial charge in [-0.3, -0.25) is 4.79 Å². The molecule has 0 saturated carbocycles. The van der Waals surface area contributed by atoms with Crippen LogP contribution in [-0.2, 0) is 30.0 Å². The number of aldehydes is 1. The van der Waals surface area contributed by atoms with E-state index < -0.39 is 8.32 Å². The van der Waals surface area contributed by atoms with Gasteiger partial charge < -0.3 is 23.4 Å². The first-order valence-electron chi connectivity index (χ1n) is 18.2. The fourth-order valence-corrected chi connectivity index (χ4v) is 7.06. The van der Waals surface area contributed by atoms with Crippen LogP contribution in [0.3, 0.4) is 0 Å². The van der Waals surface area contributed by atoms with Gasteiger partial charge in [-0.2, -0.15) is 0 Å². The Balaban J connectivity index is 0.000000444. The summed E-state index contributed by atoms with van der Waals surface area (Å²) < 4.78 is 30.4. The third kappa shape index (κ3) is 17.2. The summed E-state index contributed by atoms with van der Waals surface area (Å²) >= 11 is 3.43. The fourth-order valence-electron chi connectivity index (χ4n) is 5.57. The van der Waals surface area contributed by atoms with Gasteiger partial charge in [0.1, 0.15) is 12.0 Å². The van der Waals surface area contributed by atoms with Crippen molar-refractivity contribution < 1.29 is 28.2 Å². The highest BCUT2D eigenvalue weighted by Crippen LogP contribution is 2.38. The summed E-state index contributed by atoms with van der Waals surface area (Å²) in [6.45, 7) is 20.7. The zero-order chi connectivity index (χ0) is 37.9. The van der Waals surface area contributed by atoms with Gasteiger partial charge in [-0.15, -0.1) is 12.3 Å². The highest BCUT2D eigenvalue weighted by molar-refractivity contribution is 9.09. The zero-order valence-corrected chi connectivity index (χ0v) is 35.0. The van der Waals surface area contributed by atoms with Crippen molar-refractivity contribution in [3.63, 3.8) is 0 Å². The Morgan fingerprint density at radius 3 is 2.57 bits per heavy atom. The van der Waals surface area contributed by atoms with Gasteiger partial charge >= 0.3 is 0 Å². The third-order valence-electron chi connectivity index (χ3n) is 9.52. The molecule has 0 fully saturated rings. The molecule has 0 unspecified atom stereocenters. The fraction of sp³-hybridized carbons (Fsp3) is 0.558. The number of hydrogen-bond acceptors (Lipinski definition) is 6. The summed E-state index contributed by atoms with van der Waals surface area (Å²) in [5.74, 6) is 4.08. The van der Waals surface area contributed by atoms with Crippen molar-refractivity contribution in [3.05, 3.63) is 90.1 Å². The Kier molecular flexibility index (Phi) is 20.3. The van der Waals surface area contributed by atoms with E-state index in [1.165, 1.54) is 17.2 Å². The van der Waals surface area contributed by atoms with Crippen LogP contribution >= 0.6 is 15.9 Å². The van der Waals surface area contributed by atoms with Crippen molar-refractivity contribution >= 4 is 30.5 Å². The summed E-state index contributed by atoms with van der Waals surface area (Å²) in [7, 11) is -0.437. The van der Waals surface area contributed by atoms with Gasteiger partial charge in [-0.1, -0.05) is 110 Å². The predicted octanol–water partition coefficient (Wildman–Crippen LogP) is 10.5. The Morgan fingerprint density at radius 1 is 1.24 bits per heavy atom. The minimum Gasteiger partial charge on any atom is -0.497 e. The van der Waals surface area contributed by atoms with Crippen molar-refractivity contribution in [1.82, 2.24) is 0 Å². The van der Waals surface area contributed by atoms with Gasteiger partial charge in [-0.05, 0) is 86.9 Å². The lowest BCUT2D eigenvalue weighted by molar-refractivity contribution is -0.104. The average molecular weight is 784 g/mol. The summed E-state index contributed by atoms with van der Waals surface area (Å²) in [5.41, 5.74) is 3.64. The van der Waals surface area contributed by atoms with Crippen LogP contribution in [0.2, 0.25) is 18.1 Å². The highest BCUT2D eigenvalue weighted by Gasteiger charge is 2.40. The second-order valence-electron chi connectivity index (χ2n) is 15.1. The molecule has 0 radical (unpaired) electrons. The number of halogens is 1. The van der Waals surface area contributed by atoms with Crippen LogP contribution < -0.4 is 4.74 Å². The first-order valence-corrected chi connectivity index (χ1v) is 22.2. The van der Waals surface area contributed by atoms with Crippen molar-refractivity contribution in [3.8, 4) is 18.1 Å². The number of methoxy groups -OCH3 is 1. The predicted molar refractivity (Wildman–Crippen MR) is 218 cm³/mol. The smallest absolute Gasteiger partial charge is 0.193 e. The number of allylic oxidation sites excluding steroid dienone is 2. The average Bonchev–Trinajstić information content (AvgIpc) is 3.08. The van der Waals surface area contributed by atoms with Crippen LogP contribution in [0.1, 0.15) is 78.7 Å². The van der Waals surface area contributed by atoms with Crippen LogP contribution in [0.15, 0.2) is 84.5 Å². The summed E-state index contributed by atoms with van der Waals surface area (Å²) in [6.07, 6.45) is 25.3. The number of terminal acetylenes is 1. The number of benzene rings is 1. The molecule has 0 N–H and O–H groups in total. The normalized spacial score (nSPS) is 21.3. The zero-order valence-electron chi connectivity index (χ0n) is 32.4. The van der Waals surface area contributed by atoms with Gasteiger partial charge in [0.05, 0.1) is 50.8 Å². The third-order valence-corrected chi connectivity index (χ3v) is 14.8. The van der Waals surface area contributed by atoms with Gasteiger partial charge in [0, 0.05) is 11.8 Å². The van der Waals surface area contributed by atoms with Crippen molar-refractivity contribution in [2.75, 3.05) is 19.0 Å². The maximum absolute atomic E-state index is 10.9. The molecular weight excluding hydrogens is 720 g/mol. The molecule has 0 amide bonds. The van der Waals surface area contributed by atoms with E-state index in [4.69, 9.17) is 29.8 Å². The number of rotatable bonds is 18. The molecule has 0 aliphatic carbocycles. The van der Waals surface area contributed by atoms with Crippen LogP contribution in [0.5, 0.6) is 5.75 Å². The van der Waals surface area contributed by atoms with E-state index in [0.717, 1.165) is 48.6 Å². The molecule has 0 spiro atoms. The Labute approximate surface area is 319 Å². The molecule has 51 heavy (non-hydrogen) atoms. The number of carbonyl (C=O) groups excluding carboxylic acids is 1. The number of hydrogen-bond donors (Lipinski definition) is 0.